The van der Waals surface area contributed by atoms with Crippen molar-refractivity contribution in [3.05, 3.63) is 47.9 Å². The number of ether oxygens (including phenoxy) is 1. The zero-order valence-corrected chi connectivity index (χ0v) is 22.7. The molecule has 1 saturated carbocycles. The van der Waals surface area contributed by atoms with Gasteiger partial charge >= 0.3 is 0 Å². The van der Waals surface area contributed by atoms with E-state index in [-0.39, 0.29) is 23.3 Å². The van der Waals surface area contributed by atoms with Gasteiger partial charge in [-0.1, -0.05) is 43.9 Å². The third kappa shape index (κ3) is 5.16. The number of carbonyl (C=O) groups is 1. The number of benzene rings is 1. The number of hydrogen-bond donors (Lipinski definition) is 0. The molecular formula is C29H32F2N4O2S. The van der Waals surface area contributed by atoms with Gasteiger partial charge in [-0.2, -0.15) is 4.39 Å². The fourth-order valence-electron chi connectivity index (χ4n) is 5.48. The monoisotopic (exact) mass is 538 g/mol. The molecule has 38 heavy (non-hydrogen) atoms. The fourth-order valence-corrected chi connectivity index (χ4v) is 6.26. The molecule has 0 N–H and O–H groups in total. The number of aromatic nitrogens is 3. The Morgan fingerprint density at radius 1 is 1.24 bits per heavy atom. The van der Waals surface area contributed by atoms with Gasteiger partial charge in [0.05, 0.1) is 0 Å². The van der Waals surface area contributed by atoms with E-state index >= 15 is 4.39 Å². The van der Waals surface area contributed by atoms with Crippen LogP contribution >= 0.6 is 11.3 Å². The van der Waals surface area contributed by atoms with Gasteiger partial charge in [0, 0.05) is 48.9 Å². The number of carbonyl (C=O) groups excluding carboxylic acids is 1. The Balaban J connectivity index is 1.50. The Labute approximate surface area is 225 Å². The van der Waals surface area contributed by atoms with Crippen LogP contribution in [0.4, 0.5) is 13.9 Å². The molecule has 3 aromatic heterocycles. The Morgan fingerprint density at radius 3 is 2.76 bits per heavy atom. The van der Waals surface area contributed by atoms with Crippen molar-refractivity contribution in [2.24, 2.45) is 18.9 Å². The summed E-state index contributed by atoms with van der Waals surface area (Å²) >= 11 is 0.839. The van der Waals surface area contributed by atoms with Crippen molar-refractivity contribution >= 4 is 33.4 Å². The van der Waals surface area contributed by atoms with E-state index in [0.29, 0.717) is 22.2 Å². The Hall–Kier alpha value is -3.33. The quantitative estimate of drug-likeness (QED) is 0.223. The van der Waals surface area contributed by atoms with Crippen LogP contribution in [0, 0.1) is 17.0 Å². The number of rotatable bonds is 9. The highest BCUT2D eigenvalue weighted by atomic mass is 32.1. The van der Waals surface area contributed by atoms with Gasteiger partial charge in [0.1, 0.15) is 17.1 Å². The second-order valence-corrected chi connectivity index (χ2v) is 11.0. The zero-order valence-electron chi connectivity index (χ0n) is 21.9. The summed E-state index contributed by atoms with van der Waals surface area (Å²) in [5.41, 5.74) is 2.84. The van der Waals surface area contributed by atoms with Gasteiger partial charge in [-0.15, -0.1) is 0 Å². The second-order valence-electron chi connectivity index (χ2n) is 10.0. The molecule has 9 heteroatoms. The van der Waals surface area contributed by atoms with Crippen LogP contribution in [-0.4, -0.2) is 34.4 Å². The van der Waals surface area contributed by atoms with Crippen LogP contribution in [0.1, 0.15) is 45.4 Å². The minimum Gasteiger partial charge on any atom is -0.463 e. The van der Waals surface area contributed by atoms with Crippen LogP contribution in [0.25, 0.3) is 33.4 Å². The lowest BCUT2D eigenvalue weighted by Crippen LogP contribution is -2.33. The summed E-state index contributed by atoms with van der Waals surface area (Å²) in [5, 5.41) is 0.723. The van der Waals surface area contributed by atoms with Crippen LogP contribution in [-0.2, 0) is 11.8 Å². The maximum Gasteiger partial charge on any atom is 0.231 e. The summed E-state index contributed by atoms with van der Waals surface area (Å²) in [7, 11) is 3.59. The number of anilines is 1. The number of thiazole rings is 1. The molecule has 0 radical (unpaired) electrons. The van der Waals surface area contributed by atoms with Gasteiger partial charge < -0.3 is 9.30 Å². The van der Waals surface area contributed by atoms with Crippen molar-refractivity contribution in [1.29, 1.82) is 0 Å². The Kier molecular flexibility index (Phi) is 7.74. The molecule has 1 aliphatic carbocycles. The van der Waals surface area contributed by atoms with Crippen molar-refractivity contribution in [2.75, 3.05) is 18.8 Å². The predicted octanol–water partition coefficient (Wildman–Crippen LogP) is 7.38. The molecular weight excluding hydrogens is 506 g/mol. The number of pyridine rings is 1. The number of fused-ring (bicyclic) bond motifs is 1. The molecule has 1 fully saturated rings. The Bertz CT molecular complexity index is 1440. The number of amides is 1. The van der Waals surface area contributed by atoms with Crippen molar-refractivity contribution in [3.63, 3.8) is 0 Å². The highest BCUT2D eigenvalue weighted by Crippen LogP contribution is 2.40. The summed E-state index contributed by atoms with van der Waals surface area (Å²) in [5.74, 6) is 0.699. The minimum atomic E-state index is -1.00. The molecule has 5 rings (SSSR count). The zero-order chi connectivity index (χ0) is 26.8. The van der Waals surface area contributed by atoms with E-state index < -0.39 is 12.0 Å². The lowest BCUT2D eigenvalue weighted by Gasteiger charge is -2.23. The van der Waals surface area contributed by atoms with Gasteiger partial charge in [0.2, 0.25) is 17.9 Å². The molecule has 1 aliphatic rings. The molecule has 200 valence electrons. The number of aryl methyl sites for hydroxylation is 1. The molecule has 6 nitrogen and oxygen atoms in total. The lowest BCUT2D eigenvalue weighted by molar-refractivity contribution is -0.122. The third-order valence-corrected chi connectivity index (χ3v) is 8.53. The first-order valence-corrected chi connectivity index (χ1v) is 13.9. The summed E-state index contributed by atoms with van der Waals surface area (Å²) in [6.45, 7) is 1.03. The highest BCUT2D eigenvalue weighted by Gasteiger charge is 2.29. The Morgan fingerprint density at radius 2 is 2.03 bits per heavy atom. The van der Waals surface area contributed by atoms with Crippen LogP contribution in [0.3, 0.4) is 0 Å². The predicted molar refractivity (Wildman–Crippen MR) is 148 cm³/mol. The van der Waals surface area contributed by atoms with Crippen molar-refractivity contribution in [1.82, 2.24) is 14.5 Å². The smallest absolute Gasteiger partial charge is 0.231 e. The van der Waals surface area contributed by atoms with E-state index in [4.69, 9.17) is 4.74 Å². The number of nitrogens with zero attached hydrogens (tertiary/aromatic N) is 4. The average molecular weight is 539 g/mol. The SMILES string of the molecule is CC[C@H](CC1CCCC1)C(=O)N(C)c1nc(-c2cc(OCF)ccc2-c2cnc3c(ccn3C)c2)c(F)s1. The minimum absolute atomic E-state index is 0.0341. The first-order valence-electron chi connectivity index (χ1n) is 13.1. The van der Waals surface area contributed by atoms with Crippen molar-refractivity contribution in [3.8, 4) is 28.1 Å². The van der Waals surface area contributed by atoms with E-state index in [2.05, 4.69) is 9.97 Å². The summed E-state index contributed by atoms with van der Waals surface area (Å²) in [4.78, 5) is 24.0. The fraction of sp³-hybridized carbons (Fsp3) is 0.414. The van der Waals surface area contributed by atoms with E-state index in [1.165, 1.54) is 30.6 Å². The van der Waals surface area contributed by atoms with Crippen LogP contribution in [0.5, 0.6) is 5.75 Å². The molecule has 1 amide bonds. The topological polar surface area (TPSA) is 60.3 Å². The number of alkyl halides is 1. The summed E-state index contributed by atoms with van der Waals surface area (Å²) < 4.78 is 35.5. The van der Waals surface area contributed by atoms with Crippen LogP contribution in [0.2, 0.25) is 0 Å². The van der Waals surface area contributed by atoms with E-state index in [9.17, 15) is 9.18 Å². The van der Waals surface area contributed by atoms with Crippen LogP contribution < -0.4 is 9.64 Å². The maximum atomic E-state index is 15.5. The molecule has 1 aromatic carbocycles. The standard InChI is InChI=1S/C29H32F2N4O2S/c1-4-19(13-18-7-5-6-8-18)28(36)35(3)29-33-25(26(31)38-29)24-15-22(37-17-30)9-10-23(24)21-14-20-11-12-34(2)27(20)32-16-21/h9-12,14-16,18-19H,4-8,13,17H2,1-3H3/t19-/m1/s1. The summed E-state index contributed by atoms with van der Waals surface area (Å²) in [6, 6.07) is 8.93. The van der Waals surface area contributed by atoms with Crippen molar-refractivity contribution < 1.29 is 18.3 Å². The molecule has 3 heterocycles. The summed E-state index contributed by atoms with van der Waals surface area (Å²) in [6.07, 6.45) is 10.1. The maximum absolute atomic E-state index is 15.5. The lowest BCUT2D eigenvalue weighted by atomic mass is 9.90. The average Bonchev–Trinajstić information content (AvgIpc) is 3.67. The van der Waals surface area contributed by atoms with Gasteiger partial charge in [0.25, 0.3) is 0 Å². The molecule has 1 atom stereocenters. The second kappa shape index (κ2) is 11.2. The number of halogens is 2. The van der Waals surface area contributed by atoms with Gasteiger partial charge in [-0.05, 0) is 54.7 Å². The first-order chi connectivity index (χ1) is 18.4. The van der Waals surface area contributed by atoms with Crippen molar-refractivity contribution in [2.45, 2.75) is 45.4 Å². The van der Waals surface area contributed by atoms with Gasteiger partial charge in [-0.3, -0.25) is 9.69 Å². The molecule has 0 saturated heterocycles. The largest absolute Gasteiger partial charge is 0.463 e. The highest BCUT2D eigenvalue weighted by molar-refractivity contribution is 7.14. The van der Waals surface area contributed by atoms with E-state index in [1.54, 1.807) is 31.4 Å². The number of hydrogen-bond acceptors (Lipinski definition) is 5. The van der Waals surface area contributed by atoms with Gasteiger partial charge in [0.15, 0.2) is 5.13 Å². The normalized spacial score (nSPS) is 14.8. The molecule has 0 spiro atoms. The third-order valence-electron chi connectivity index (χ3n) is 7.61. The van der Waals surface area contributed by atoms with E-state index in [1.807, 2.05) is 36.9 Å². The molecule has 0 aliphatic heterocycles. The van der Waals surface area contributed by atoms with Crippen LogP contribution in [0.15, 0.2) is 42.7 Å². The van der Waals surface area contributed by atoms with E-state index in [0.717, 1.165) is 40.8 Å². The molecule has 0 bridgehead atoms. The first kappa shape index (κ1) is 26.3. The molecule has 0 unspecified atom stereocenters. The van der Waals surface area contributed by atoms with Gasteiger partial charge in [-0.25, -0.2) is 14.4 Å². The molecule has 4 aromatic rings.